The molecule has 5 heterocycles. The standard InChI is InChI=1S/C33H37F2N7O2/c1-22-29(23(2)42(38-22)28-14-36-21-37-15-28)31(44)41-18-25-16-39(17-26(25)19-41)10-8-32(27-6-4-3-5-7-27)9-11-40(20-32)30(43)24-12-33(34,35)13-24/h3-7,14-16,21,24,26H,8-13,17-20H2,1-2H3. The lowest BCUT2D eigenvalue weighted by molar-refractivity contribution is -0.159. The third kappa shape index (κ3) is 5.05. The van der Waals surface area contributed by atoms with E-state index < -0.39 is 11.8 Å². The van der Waals surface area contributed by atoms with E-state index in [1.165, 1.54) is 17.5 Å². The van der Waals surface area contributed by atoms with Gasteiger partial charge >= 0.3 is 0 Å². The van der Waals surface area contributed by atoms with Crippen LogP contribution in [0.4, 0.5) is 8.78 Å². The first-order valence-corrected chi connectivity index (χ1v) is 15.4. The van der Waals surface area contributed by atoms with Gasteiger partial charge in [0.05, 0.1) is 29.3 Å². The highest BCUT2D eigenvalue weighted by Crippen LogP contribution is 2.45. The topological polar surface area (TPSA) is 87.5 Å². The summed E-state index contributed by atoms with van der Waals surface area (Å²) in [6.45, 7) is 7.87. The van der Waals surface area contributed by atoms with Crippen molar-refractivity contribution in [3.63, 3.8) is 0 Å². The van der Waals surface area contributed by atoms with Gasteiger partial charge in [0, 0.05) is 75.6 Å². The number of benzene rings is 1. The number of hydrogen-bond donors (Lipinski definition) is 0. The lowest BCUT2D eigenvalue weighted by atomic mass is 9.76. The number of carbonyl (C=O) groups excluding carboxylic acids is 2. The maximum atomic E-state index is 13.7. The van der Waals surface area contributed by atoms with Crippen LogP contribution in [0.25, 0.3) is 5.69 Å². The van der Waals surface area contributed by atoms with Crippen molar-refractivity contribution in [1.29, 1.82) is 0 Å². The van der Waals surface area contributed by atoms with E-state index in [-0.39, 0.29) is 36.0 Å². The zero-order chi connectivity index (χ0) is 30.6. The number of carbonyl (C=O) groups is 2. The normalized spacial score (nSPS) is 24.4. The molecule has 2 saturated heterocycles. The summed E-state index contributed by atoms with van der Waals surface area (Å²) in [5.74, 6) is -3.10. The minimum absolute atomic E-state index is 0.00656. The predicted octanol–water partition coefficient (Wildman–Crippen LogP) is 4.16. The highest BCUT2D eigenvalue weighted by molar-refractivity contribution is 5.97. The highest BCUT2D eigenvalue weighted by Gasteiger charge is 2.52. The number of nitrogens with zero attached hydrogens (tertiary/aromatic N) is 7. The van der Waals surface area contributed by atoms with Gasteiger partial charge in [-0.25, -0.2) is 23.4 Å². The molecular formula is C33H37F2N7O2. The number of alkyl halides is 2. The summed E-state index contributed by atoms with van der Waals surface area (Å²) in [4.78, 5) is 41.0. The molecule has 0 radical (unpaired) electrons. The molecule has 0 N–H and O–H groups in total. The molecule has 4 aliphatic rings. The second kappa shape index (κ2) is 10.8. The summed E-state index contributed by atoms with van der Waals surface area (Å²) in [7, 11) is 0. The molecule has 3 fully saturated rings. The zero-order valence-electron chi connectivity index (χ0n) is 25.1. The van der Waals surface area contributed by atoms with Crippen LogP contribution in [0.15, 0.2) is 60.8 Å². The third-order valence-corrected chi connectivity index (χ3v) is 10.1. The van der Waals surface area contributed by atoms with Crippen LogP contribution in [0.3, 0.4) is 0 Å². The molecule has 44 heavy (non-hydrogen) atoms. The van der Waals surface area contributed by atoms with Gasteiger partial charge < -0.3 is 14.7 Å². The summed E-state index contributed by atoms with van der Waals surface area (Å²) in [5.41, 5.74) is 5.06. The minimum Gasteiger partial charge on any atom is -0.377 e. The first-order valence-electron chi connectivity index (χ1n) is 15.4. The van der Waals surface area contributed by atoms with Gasteiger partial charge in [-0.1, -0.05) is 30.3 Å². The van der Waals surface area contributed by atoms with Gasteiger partial charge in [-0.3, -0.25) is 9.59 Å². The van der Waals surface area contributed by atoms with E-state index in [0.29, 0.717) is 37.4 Å². The third-order valence-electron chi connectivity index (χ3n) is 10.1. The molecule has 2 aromatic heterocycles. The molecule has 1 aliphatic carbocycles. The van der Waals surface area contributed by atoms with Crippen LogP contribution in [-0.4, -0.2) is 91.5 Å². The molecule has 2 atom stereocenters. The number of fused-ring (bicyclic) bond motifs is 1. The van der Waals surface area contributed by atoms with Crippen LogP contribution < -0.4 is 0 Å². The fourth-order valence-electron chi connectivity index (χ4n) is 7.65. The predicted molar refractivity (Wildman–Crippen MR) is 159 cm³/mol. The average molecular weight is 602 g/mol. The maximum absolute atomic E-state index is 13.7. The maximum Gasteiger partial charge on any atom is 0.257 e. The monoisotopic (exact) mass is 601 g/mol. The van der Waals surface area contributed by atoms with Crippen LogP contribution in [-0.2, 0) is 10.2 Å². The molecule has 1 aromatic carbocycles. The Hall–Kier alpha value is -4.15. The Morgan fingerprint density at radius 3 is 2.48 bits per heavy atom. The van der Waals surface area contributed by atoms with Gasteiger partial charge in [-0.15, -0.1) is 0 Å². The number of aromatic nitrogens is 4. The lowest BCUT2D eigenvalue weighted by Gasteiger charge is -2.37. The number of aryl methyl sites for hydroxylation is 1. The van der Waals surface area contributed by atoms with Crippen molar-refractivity contribution < 1.29 is 18.4 Å². The van der Waals surface area contributed by atoms with Crippen LogP contribution in [0.1, 0.15) is 53.0 Å². The number of hydrogen-bond acceptors (Lipinski definition) is 6. The lowest BCUT2D eigenvalue weighted by Crippen LogP contribution is -2.47. The Balaban J connectivity index is 1.01. The molecular weight excluding hydrogens is 564 g/mol. The van der Waals surface area contributed by atoms with Crippen LogP contribution >= 0.6 is 0 Å². The molecule has 1 saturated carbocycles. The second-order valence-electron chi connectivity index (χ2n) is 13.0. The van der Waals surface area contributed by atoms with Gasteiger partial charge in [0.1, 0.15) is 12.0 Å². The van der Waals surface area contributed by atoms with Crippen molar-refractivity contribution in [3.8, 4) is 5.69 Å². The SMILES string of the molecule is Cc1nn(-c2cncnc2)c(C)c1C(=O)N1CC2=CN(CCC3(c4ccccc4)CCN(C(=O)C4CC(F)(F)C4)C3)CC2C1. The number of amides is 2. The summed E-state index contributed by atoms with van der Waals surface area (Å²) in [6.07, 6.45) is 8.07. The molecule has 230 valence electrons. The second-order valence-corrected chi connectivity index (χ2v) is 13.0. The Morgan fingerprint density at radius 1 is 1.02 bits per heavy atom. The molecule has 3 aromatic rings. The molecule has 3 aliphatic heterocycles. The van der Waals surface area contributed by atoms with E-state index >= 15 is 0 Å². The van der Waals surface area contributed by atoms with Gasteiger partial charge in [0.25, 0.3) is 5.91 Å². The fraction of sp³-hybridized carbons (Fsp3) is 0.485. The molecule has 2 unspecified atom stereocenters. The van der Waals surface area contributed by atoms with E-state index in [4.69, 9.17) is 0 Å². The number of halogens is 2. The van der Waals surface area contributed by atoms with Crippen LogP contribution in [0.5, 0.6) is 0 Å². The van der Waals surface area contributed by atoms with Gasteiger partial charge in [-0.05, 0) is 37.8 Å². The smallest absolute Gasteiger partial charge is 0.257 e. The van der Waals surface area contributed by atoms with E-state index in [0.717, 1.165) is 37.3 Å². The summed E-state index contributed by atoms with van der Waals surface area (Å²) in [6, 6.07) is 10.3. The zero-order valence-corrected chi connectivity index (χ0v) is 25.1. The first kappa shape index (κ1) is 28.6. The van der Waals surface area contributed by atoms with Crippen molar-refractivity contribution in [2.45, 2.75) is 50.9 Å². The molecule has 11 heteroatoms. The number of likely N-dealkylation sites (tertiary alicyclic amines) is 2. The summed E-state index contributed by atoms with van der Waals surface area (Å²) in [5, 5.41) is 4.60. The van der Waals surface area contributed by atoms with E-state index in [2.05, 4.69) is 38.3 Å². The molecule has 7 rings (SSSR count). The first-order chi connectivity index (χ1) is 21.1. The fourth-order valence-corrected chi connectivity index (χ4v) is 7.65. The van der Waals surface area contributed by atoms with Gasteiger partial charge in [-0.2, -0.15) is 5.10 Å². The van der Waals surface area contributed by atoms with Crippen LogP contribution in [0, 0.1) is 25.7 Å². The Morgan fingerprint density at radius 2 is 1.77 bits per heavy atom. The Bertz CT molecular complexity index is 1600. The van der Waals surface area contributed by atoms with Crippen LogP contribution in [0.2, 0.25) is 0 Å². The van der Waals surface area contributed by atoms with Crippen molar-refractivity contribution in [1.82, 2.24) is 34.4 Å². The highest BCUT2D eigenvalue weighted by atomic mass is 19.3. The number of rotatable bonds is 7. The van der Waals surface area contributed by atoms with Crippen molar-refractivity contribution in [2.24, 2.45) is 11.8 Å². The largest absolute Gasteiger partial charge is 0.377 e. The molecule has 0 bridgehead atoms. The van der Waals surface area contributed by atoms with Crippen molar-refractivity contribution in [3.05, 3.63) is 83.3 Å². The van der Waals surface area contributed by atoms with Gasteiger partial charge in [0.2, 0.25) is 11.8 Å². The molecule has 9 nitrogen and oxygen atoms in total. The van der Waals surface area contributed by atoms with E-state index in [9.17, 15) is 18.4 Å². The quantitative estimate of drug-likeness (QED) is 0.405. The summed E-state index contributed by atoms with van der Waals surface area (Å²) < 4.78 is 28.7. The summed E-state index contributed by atoms with van der Waals surface area (Å²) >= 11 is 0. The average Bonchev–Trinajstić information content (AvgIpc) is 3.77. The Labute approximate surface area is 255 Å². The minimum atomic E-state index is -2.70. The Kier molecular flexibility index (Phi) is 7.01. The van der Waals surface area contributed by atoms with Crippen molar-refractivity contribution >= 4 is 11.8 Å². The van der Waals surface area contributed by atoms with Gasteiger partial charge in [0.15, 0.2) is 0 Å². The molecule has 0 spiro atoms. The van der Waals surface area contributed by atoms with Crippen molar-refractivity contribution in [2.75, 3.05) is 39.3 Å². The van der Waals surface area contributed by atoms with E-state index in [1.807, 2.05) is 41.8 Å². The molecule has 2 amide bonds. The van der Waals surface area contributed by atoms with E-state index in [1.54, 1.807) is 17.1 Å².